The molecule has 1 aliphatic heterocycles. The molecule has 2 heterocycles. The number of aromatic nitrogens is 1. The Balaban J connectivity index is 1.38. The van der Waals surface area contributed by atoms with Crippen molar-refractivity contribution in [2.45, 2.75) is 44.3 Å². The van der Waals surface area contributed by atoms with Gasteiger partial charge in [0.05, 0.1) is 6.04 Å². The molecule has 32 heavy (non-hydrogen) atoms. The van der Waals surface area contributed by atoms with E-state index in [1.807, 2.05) is 6.07 Å². The molecule has 2 aromatic rings. The molecular weight excluding hydrogens is 416 g/mol. The van der Waals surface area contributed by atoms with Crippen LogP contribution >= 0.6 is 0 Å². The molecular formula is C23H25F2N5O2. The smallest absolute Gasteiger partial charge is 0.242 e. The molecule has 1 aromatic carbocycles. The summed E-state index contributed by atoms with van der Waals surface area (Å²) in [5, 5.41) is 8.75. The highest BCUT2D eigenvalue weighted by atomic mass is 19.2. The summed E-state index contributed by atoms with van der Waals surface area (Å²) in [6.45, 7) is 2.12. The molecule has 2 aliphatic rings. The van der Waals surface area contributed by atoms with Crippen LogP contribution in [0, 0.1) is 11.6 Å². The third-order valence-electron chi connectivity index (χ3n) is 5.84. The van der Waals surface area contributed by atoms with Crippen LogP contribution in [0.2, 0.25) is 0 Å². The molecule has 5 N–H and O–H groups in total. The molecule has 9 heteroatoms. The van der Waals surface area contributed by atoms with Crippen LogP contribution in [-0.4, -0.2) is 35.4 Å². The molecule has 1 aliphatic carbocycles. The first kappa shape index (κ1) is 21.9. The van der Waals surface area contributed by atoms with Gasteiger partial charge in [-0.05, 0) is 61.1 Å². The minimum Gasteiger partial charge on any atom is -0.384 e. The zero-order valence-electron chi connectivity index (χ0n) is 17.6. The standard InChI is InChI=1S/C23H25F2N5O2/c1-12(22(31)30-19-6-5-18-15(19)3-7-21(26)29-18)28-23(32)20-11-14(8-9-27-20)13-2-4-16(24)17(25)10-13/h2-4,7,10-12,19-20,27H,5-6,8-9H2,1H3,(H2,26,29)(H,28,32)(H,30,31)/t12-,19+,20+/m0/s1. The van der Waals surface area contributed by atoms with E-state index in [9.17, 15) is 18.4 Å². The minimum atomic E-state index is -0.931. The molecule has 1 aromatic heterocycles. The highest BCUT2D eigenvalue weighted by molar-refractivity contribution is 5.92. The molecule has 0 saturated heterocycles. The third-order valence-corrected chi connectivity index (χ3v) is 5.84. The molecule has 0 bridgehead atoms. The van der Waals surface area contributed by atoms with Crippen molar-refractivity contribution in [1.29, 1.82) is 0 Å². The number of aryl methyl sites for hydroxylation is 1. The number of nitrogen functional groups attached to an aromatic ring is 1. The van der Waals surface area contributed by atoms with Gasteiger partial charge in [-0.1, -0.05) is 18.2 Å². The predicted molar refractivity (Wildman–Crippen MR) is 116 cm³/mol. The zero-order chi connectivity index (χ0) is 22.8. The topological polar surface area (TPSA) is 109 Å². The van der Waals surface area contributed by atoms with Crippen molar-refractivity contribution in [3.8, 4) is 0 Å². The summed E-state index contributed by atoms with van der Waals surface area (Å²) < 4.78 is 26.8. The van der Waals surface area contributed by atoms with Crippen molar-refractivity contribution in [2.75, 3.05) is 12.3 Å². The number of halogens is 2. The van der Waals surface area contributed by atoms with Gasteiger partial charge in [-0.25, -0.2) is 13.8 Å². The van der Waals surface area contributed by atoms with E-state index in [-0.39, 0.29) is 17.9 Å². The number of hydrogen-bond acceptors (Lipinski definition) is 5. The molecule has 0 radical (unpaired) electrons. The Kier molecular flexibility index (Phi) is 6.18. The summed E-state index contributed by atoms with van der Waals surface area (Å²) >= 11 is 0. The van der Waals surface area contributed by atoms with E-state index >= 15 is 0 Å². The van der Waals surface area contributed by atoms with Crippen LogP contribution in [0.5, 0.6) is 0 Å². The first-order valence-electron chi connectivity index (χ1n) is 10.6. The highest BCUT2D eigenvalue weighted by Crippen LogP contribution is 2.30. The fraction of sp³-hybridized carbons (Fsp3) is 0.348. The van der Waals surface area contributed by atoms with Crippen LogP contribution in [0.15, 0.2) is 36.4 Å². The van der Waals surface area contributed by atoms with Gasteiger partial charge in [0.2, 0.25) is 11.8 Å². The number of fused-ring (bicyclic) bond motifs is 1. The summed E-state index contributed by atoms with van der Waals surface area (Å²) in [5.74, 6) is -2.06. The summed E-state index contributed by atoms with van der Waals surface area (Å²) in [4.78, 5) is 29.7. The molecule has 0 unspecified atom stereocenters. The summed E-state index contributed by atoms with van der Waals surface area (Å²) in [6, 6.07) is 5.66. The lowest BCUT2D eigenvalue weighted by Crippen LogP contribution is -2.52. The largest absolute Gasteiger partial charge is 0.384 e. The van der Waals surface area contributed by atoms with Crippen LogP contribution < -0.4 is 21.7 Å². The average Bonchev–Trinajstić information content (AvgIpc) is 3.17. The number of nitrogens with two attached hydrogens (primary N) is 1. The Morgan fingerprint density at radius 3 is 2.78 bits per heavy atom. The Labute approximate surface area is 184 Å². The van der Waals surface area contributed by atoms with E-state index in [0.717, 1.165) is 41.8 Å². The zero-order valence-corrected chi connectivity index (χ0v) is 17.6. The molecule has 2 amide bonds. The normalized spacial score (nSPS) is 20.8. The molecule has 4 rings (SSSR count). The fourth-order valence-corrected chi connectivity index (χ4v) is 4.11. The van der Waals surface area contributed by atoms with Gasteiger partial charge in [-0.3, -0.25) is 9.59 Å². The van der Waals surface area contributed by atoms with E-state index in [0.29, 0.717) is 24.3 Å². The first-order chi connectivity index (χ1) is 15.3. The minimum absolute atomic E-state index is 0.169. The first-order valence-corrected chi connectivity index (χ1v) is 10.6. The van der Waals surface area contributed by atoms with Crippen molar-refractivity contribution in [3.05, 3.63) is 64.9 Å². The Morgan fingerprint density at radius 2 is 2.00 bits per heavy atom. The van der Waals surface area contributed by atoms with Gasteiger partial charge >= 0.3 is 0 Å². The monoisotopic (exact) mass is 441 g/mol. The number of rotatable bonds is 5. The third kappa shape index (κ3) is 4.62. The summed E-state index contributed by atoms with van der Waals surface area (Å²) in [6.07, 6.45) is 3.71. The van der Waals surface area contributed by atoms with Crippen molar-refractivity contribution in [1.82, 2.24) is 20.9 Å². The second-order valence-corrected chi connectivity index (χ2v) is 8.10. The van der Waals surface area contributed by atoms with Gasteiger partial charge in [0.1, 0.15) is 17.9 Å². The Morgan fingerprint density at radius 1 is 1.19 bits per heavy atom. The van der Waals surface area contributed by atoms with E-state index < -0.39 is 23.7 Å². The number of pyridine rings is 1. The van der Waals surface area contributed by atoms with Crippen molar-refractivity contribution < 1.29 is 18.4 Å². The van der Waals surface area contributed by atoms with Gasteiger partial charge in [-0.2, -0.15) is 0 Å². The van der Waals surface area contributed by atoms with Crippen LogP contribution in [0.1, 0.15) is 42.6 Å². The van der Waals surface area contributed by atoms with Crippen molar-refractivity contribution in [3.63, 3.8) is 0 Å². The number of nitrogens with zero attached hydrogens (tertiary/aromatic N) is 1. The van der Waals surface area contributed by atoms with Crippen LogP contribution in [0.3, 0.4) is 0 Å². The van der Waals surface area contributed by atoms with E-state index in [1.54, 1.807) is 19.1 Å². The van der Waals surface area contributed by atoms with Gasteiger partial charge in [0.15, 0.2) is 11.6 Å². The molecule has 0 fully saturated rings. The number of amides is 2. The van der Waals surface area contributed by atoms with E-state index in [4.69, 9.17) is 5.73 Å². The van der Waals surface area contributed by atoms with Crippen molar-refractivity contribution in [2.24, 2.45) is 0 Å². The number of carbonyl (C=O) groups excluding carboxylic acids is 2. The van der Waals surface area contributed by atoms with Crippen molar-refractivity contribution >= 4 is 23.2 Å². The number of nitrogens with one attached hydrogen (secondary N) is 3. The lowest BCUT2D eigenvalue weighted by molar-refractivity contribution is -0.129. The maximum Gasteiger partial charge on any atom is 0.242 e. The predicted octanol–water partition coefficient (Wildman–Crippen LogP) is 2.00. The number of hydrogen-bond donors (Lipinski definition) is 4. The SMILES string of the molecule is C[C@H](NC(=O)[C@H]1C=C(c2ccc(F)c(F)c2)CCN1)C(=O)N[C@@H]1CCc2nc(N)ccc21. The van der Waals surface area contributed by atoms with E-state index in [2.05, 4.69) is 20.9 Å². The lowest BCUT2D eigenvalue weighted by atomic mass is 9.96. The average molecular weight is 441 g/mol. The quantitative estimate of drug-likeness (QED) is 0.568. The number of anilines is 1. The second-order valence-electron chi connectivity index (χ2n) is 8.10. The van der Waals surface area contributed by atoms with Gasteiger partial charge in [0, 0.05) is 12.2 Å². The Hall–Kier alpha value is -3.33. The van der Waals surface area contributed by atoms with Crippen LogP contribution in [0.25, 0.3) is 5.57 Å². The van der Waals surface area contributed by atoms with Gasteiger partial charge < -0.3 is 21.7 Å². The highest BCUT2D eigenvalue weighted by Gasteiger charge is 2.29. The molecule has 168 valence electrons. The maximum absolute atomic E-state index is 13.6. The molecule has 3 atom stereocenters. The maximum atomic E-state index is 13.6. The molecule has 0 spiro atoms. The lowest BCUT2D eigenvalue weighted by Gasteiger charge is -2.25. The van der Waals surface area contributed by atoms with Gasteiger partial charge in [-0.15, -0.1) is 0 Å². The van der Waals surface area contributed by atoms with Gasteiger partial charge in [0.25, 0.3) is 0 Å². The number of benzene rings is 1. The summed E-state index contributed by atoms with van der Waals surface area (Å²) in [7, 11) is 0. The summed E-state index contributed by atoms with van der Waals surface area (Å²) in [5.41, 5.74) is 8.82. The fourth-order valence-electron chi connectivity index (χ4n) is 4.11. The van der Waals surface area contributed by atoms with Crippen LogP contribution in [0.4, 0.5) is 14.6 Å². The molecule has 0 saturated carbocycles. The number of carbonyl (C=O) groups is 2. The second kappa shape index (κ2) is 9.04. The van der Waals surface area contributed by atoms with Crippen LogP contribution in [-0.2, 0) is 16.0 Å². The van der Waals surface area contributed by atoms with E-state index in [1.165, 1.54) is 6.07 Å². The molecule has 7 nitrogen and oxygen atoms in total. The Bertz CT molecular complexity index is 1090.